The van der Waals surface area contributed by atoms with E-state index < -0.39 is 5.97 Å². The van der Waals surface area contributed by atoms with Crippen molar-refractivity contribution in [2.75, 3.05) is 0 Å². The molecule has 1 N–H and O–H groups in total. The van der Waals surface area contributed by atoms with Crippen molar-refractivity contribution >= 4 is 40.2 Å². The second-order valence-corrected chi connectivity index (χ2v) is 4.90. The Morgan fingerprint density at radius 3 is 2.65 bits per heavy atom. The zero-order valence-electron chi connectivity index (χ0n) is 8.82. The second kappa shape index (κ2) is 4.66. The van der Waals surface area contributed by atoms with Crippen LogP contribution in [0.3, 0.4) is 0 Å². The van der Waals surface area contributed by atoms with Crippen LogP contribution >= 0.6 is 34.2 Å². The summed E-state index contributed by atoms with van der Waals surface area (Å²) in [5.74, 6) is -1.04. The first-order chi connectivity index (χ1) is 8.02. The molecule has 0 aliphatic rings. The van der Waals surface area contributed by atoms with Crippen LogP contribution in [0.4, 0.5) is 0 Å². The van der Waals surface area contributed by atoms with Gasteiger partial charge in [0.15, 0.2) is 5.69 Å². The standard InChI is InChI=1S/C11H8ClIN2O2/c1-6-9(13)10(11(16)17)14-15(6)8-5-3-2-4-7(8)12/h2-5H,1H3,(H,16,17). The zero-order valence-corrected chi connectivity index (χ0v) is 11.7. The van der Waals surface area contributed by atoms with Crippen LogP contribution in [0, 0.1) is 10.5 Å². The molecule has 1 aromatic heterocycles. The average Bonchev–Trinajstić information content (AvgIpc) is 2.57. The highest BCUT2D eigenvalue weighted by Gasteiger charge is 2.19. The van der Waals surface area contributed by atoms with Crippen molar-refractivity contribution in [2.24, 2.45) is 0 Å². The topological polar surface area (TPSA) is 55.1 Å². The van der Waals surface area contributed by atoms with E-state index in [4.69, 9.17) is 16.7 Å². The molecule has 0 aliphatic heterocycles. The zero-order chi connectivity index (χ0) is 12.6. The molecule has 0 bridgehead atoms. The molecule has 0 spiro atoms. The molecule has 2 aromatic rings. The van der Waals surface area contributed by atoms with E-state index in [0.717, 1.165) is 5.69 Å². The van der Waals surface area contributed by atoms with Gasteiger partial charge in [0, 0.05) is 0 Å². The SMILES string of the molecule is Cc1c(I)c(C(=O)O)nn1-c1ccccc1Cl. The van der Waals surface area contributed by atoms with E-state index >= 15 is 0 Å². The minimum atomic E-state index is -1.04. The molecule has 0 fully saturated rings. The van der Waals surface area contributed by atoms with E-state index in [0.29, 0.717) is 14.3 Å². The molecule has 0 saturated heterocycles. The molecule has 6 heteroatoms. The molecule has 88 valence electrons. The summed E-state index contributed by atoms with van der Waals surface area (Å²) in [5.41, 5.74) is 1.48. The lowest BCUT2D eigenvalue weighted by Crippen LogP contribution is -2.02. The highest BCUT2D eigenvalue weighted by atomic mass is 127. The first-order valence-corrected chi connectivity index (χ1v) is 6.21. The van der Waals surface area contributed by atoms with Gasteiger partial charge in [-0.1, -0.05) is 23.7 Å². The lowest BCUT2D eigenvalue weighted by molar-refractivity contribution is 0.0689. The highest BCUT2D eigenvalue weighted by molar-refractivity contribution is 14.1. The van der Waals surface area contributed by atoms with Gasteiger partial charge >= 0.3 is 5.97 Å². The van der Waals surface area contributed by atoms with Crippen LogP contribution in [-0.4, -0.2) is 20.9 Å². The maximum absolute atomic E-state index is 11.0. The molecule has 2 rings (SSSR count). The third kappa shape index (κ3) is 2.16. The molecule has 0 aliphatic carbocycles. The number of carbonyl (C=O) groups is 1. The van der Waals surface area contributed by atoms with Crippen molar-refractivity contribution < 1.29 is 9.90 Å². The van der Waals surface area contributed by atoms with Crippen LogP contribution in [0.2, 0.25) is 5.02 Å². The molecule has 4 nitrogen and oxygen atoms in total. The average molecular weight is 363 g/mol. The summed E-state index contributed by atoms with van der Waals surface area (Å²) in [5, 5.41) is 13.6. The number of hydrogen-bond donors (Lipinski definition) is 1. The maximum atomic E-state index is 11.0. The summed E-state index contributed by atoms with van der Waals surface area (Å²) >= 11 is 8.03. The Bertz CT molecular complexity index is 595. The molecular weight excluding hydrogens is 354 g/mol. The fourth-order valence-corrected chi connectivity index (χ4v) is 2.26. The molecule has 1 aromatic carbocycles. The van der Waals surface area contributed by atoms with Crippen LogP contribution in [0.1, 0.15) is 16.2 Å². The van der Waals surface area contributed by atoms with Gasteiger partial charge in [0.05, 0.1) is 20.0 Å². The van der Waals surface area contributed by atoms with E-state index in [9.17, 15) is 4.79 Å². The van der Waals surface area contributed by atoms with E-state index in [1.54, 1.807) is 16.8 Å². The summed E-state index contributed by atoms with van der Waals surface area (Å²) in [4.78, 5) is 11.0. The number of rotatable bonds is 2. The first-order valence-electron chi connectivity index (χ1n) is 4.75. The Morgan fingerprint density at radius 1 is 1.47 bits per heavy atom. The largest absolute Gasteiger partial charge is 0.476 e. The van der Waals surface area contributed by atoms with Gasteiger partial charge in [-0.15, -0.1) is 0 Å². The van der Waals surface area contributed by atoms with Crippen molar-refractivity contribution in [2.45, 2.75) is 6.92 Å². The second-order valence-electron chi connectivity index (χ2n) is 3.42. The van der Waals surface area contributed by atoms with E-state index in [1.165, 1.54) is 0 Å². The molecule has 17 heavy (non-hydrogen) atoms. The Hall–Kier alpha value is -1.08. The predicted molar refractivity (Wildman–Crippen MR) is 73.0 cm³/mol. The quantitative estimate of drug-likeness (QED) is 0.835. The Labute approximate surface area is 116 Å². The van der Waals surface area contributed by atoms with E-state index in [2.05, 4.69) is 5.10 Å². The van der Waals surface area contributed by atoms with Crippen LogP contribution in [0.5, 0.6) is 0 Å². The molecule has 0 radical (unpaired) electrons. The smallest absolute Gasteiger partial charge is 0.357 e. The summed E-state index contributed by atoms with van der Waals surface area (Å²) < 4.78 is 2.17. The Balaban J connectivity index is 2.66. The normalized spacial score (nSPS) is 10.5. The third-order valence-electron chi connectivity index (χ3n) is 2.33. The number of aromatic carboxylic acids is 1. The first kappa shape index (κ1) is 12.4. The lowest BCUT2D eigenvalue weighted by atomic mass is 10.3. The highest BCUT2D eigenvalue weighted by Crippen LogP contribution is 2.24. The van der Waals surface area contributed by atoms with Crippen molar-refractivity contribution in [3.8, 4) is 5.69 Å². The van der Waals surface area contributed by atoms with Crippen molar-refractivity contribution in [3.05, 3.63) is 44.2 Å². The molecule has 1 heterocycles. The predicted octanol–water partition coefficient (Wildman–Crippen LogP) is 3.14. The van der Waals surface area contributed by atoms with E-state index in [-0.39, 0.29) is 5.69 Å². The number of nitrogens with zero attached hydrogens (tertiary/aromatic N) is 2. The fourth-order valence-electron chi connectivity index (χ4n) is 1.48. The monoisotopic (exact) mass is 362 g/mol. The summed E-state index contributed by atoms with van der Waals surface area (Å²) in [6, 6.07) is 7.18. The number of benzene rings is 1. The van der Waals surface area contributed by atoms with Crippen LogP contribution in [-0.2, 0) is 0 Å². The van der Waals surface area contributed by atoms with Gasteiger partial charge in [0.25, 0.3) is 0 Å². The van der Waals surface area contributed by atoms with E-state index in [1.807, 2.05) is 41.6 Å². The van der Waals surface area contributed by atoms with Crippen LogP contribution in [0.25, 0.3) is 5.69 Å². The summed E-state index contributed by atoms with van der Waals surface area (Å²) in [6.07, 6.45) is 0. The van der Waals surface area contributed by atoms with Gasteiger partial charge in [-0.05, 0) is 41.6 Å². The number of carboxylic acid groups (broad SMARTS) is 1. The maximum Gasteiger partial charge on any atom is 0.357 e. The molecule has 0 unspecified atom stereocenters. The van der Waals surface area contributed by atoms with Gasteiger partial charge in [-0.3, -0.25) is 0 Å². The Morgan fingerprint density at radius 2 is 2.12 bits per heavy atom. The molecular formula is C11H8ClIN2O2. The molecule has 0 atom stereocenters. The number of para-hydroxylation sites is 1. The molecule has 0 amide bonds. The van der Waals surface area contributed by atoms with Gasteiger partial charge in [0.1, 0.15) is 0 Å². The van der Waals surface area contributed by atoms with Crippen LogP contribution < -0.4 is 0 Å². The van der Waals surface area contributed by atoms with Gasteiger partial charge < -0.3 is 5.11 Å². The third-order valence-corrected chi connectivity index (χ3v) is 3.94. The summed E-state index contributed by atoms with van der Waals surface area (Å²) in [6.45, 7) is 1.81. The number of aromatic nitrogens is 2. The van der Waals surface area contributed by atoms with Gasteiger partial charge in [-0.25, -0.2) is 9.48 Å². The lowest BCUT2D eigenvalue weighted by Gasteiger charge is -2.05. The number of hydrogen-bond acceptors (Lipinski definition) is 2. The number of carboxylic acids is 1. The summed E-state index contributed by atoms with van der Waals surface area (Å²) in [7, 11) is 0. The van der Waals surface area contributed by atoms with Crippen molar-refractivity contribution in [3.63, 3.8) is 0 Å². The van der Waals surface area contributed by atoms with Crippen molar-refractivity contribution in [1.82, 2.24) is 9.78 Å². The molecule has 0 saturated carbocycles. The minimum Gasteiger partial charge on any atom is -0.476 e. The number of halogens is 2. The van der Waals surface area contributed by atoms with Crippen molar-refractivity contribution in [1.29, 1.82) is 0 Å². The minimum absolute atomic E-state index is 0.0445. The Kier molecular flexibility index (Phi) is 3.39. The fraction of sp³-hybridized carbons (Fsp3) is 0.0909. The van der Waals surface area contributed by atoms with Crippen LogP contribution in [0.15, 0.2) is 24.3 Å². The van der Waals surface area contributed by atoms with Gasteiger partial charge in [0.2, 0.25) is 0 Å². The van der Waals surface area contributed by atoms with Gasteiger partial charge in [-0.2, -0.15) is 5.10 Å².